The Bertz CT molecular complexity index is 429. The highest BCUT2D eigenvalue weighted by molar-refractivity contribution is 5.80. The molecule has 1 unspecified atom stereocenters. The molecule has 1 amide bonds. The Morgan fingerprint density at radius 2 is 1.89 bits per heavy atom. The highest BCUT2D eigenvalue weighted by atomic mass is 19.1. The summed E-state index contributed by atoms with van der Waals surface area (Å²) in [6.45, 7) is 3.65. The van der Waals surface area contributed by atoms with E-state index >= 15 is 0 Å². The smallest absolute Gasteiger partial charge is 0.251 e. The third-order valence-electron chi connectivity index (χ3n) is 3.14. The van der Waals surface area contributed by atoms with Gasteiger partial charge in [-0.1, -0.05) is 12.1 Å². The van der Waals surface area contributed by atoms with Crippen molar-refractivity contribution < 1.29 is 14.3 Å². The maximum atomic E-state index is 13.6. The molecule has 0 saturated carbocycles. The lowest BCUT2D eigenvalue weighted by Gasteiger charge is -2.36. The summed E-state index contributed by atoms with van der Waals surface area (Å²) >= 11 is 0. The molecule has 1 fully saturated rings. The fraction of sp³-hybridized carbons (Fsp3) is 0.462. The zero-order chi connectivity index (χ0) is 13.1. The van der Waals surface area contributed by atoms with E-state index in [4.69, 9.17) is 0 Å². The number of rotatable bonds is 2. The molecule has 1 aliphatic rings. The van der Waals surface area contributed by atoms with Gasteiger partial charge in [0.15, 0.2) is 0 Å². The van der Waals surface area contributed by atoms with Gasteiger partial charge < -0.3 is 14.9 Å². The van der Waals surface area contributed by atoms with Crippen molar-refractivity contribution in [2.24, 2.45) is 0 Å². The third kappa shape index (κ3) is 2.61. The van der Waals surface area contributed by atoms with E-state index in [0.717, 1.165) is 0 Å². The summed E-state index contributed by atoms with van der Waals surface area (Å²) in [5, 5.41) is 9.24. The third-order valence-corrected chi connectivity index (χ3v) is 3.14. The molecule has 1 saturated heterocycles. The predicted octanol–water partition coefficient (Wildman–Crippen LogP) is 0.855. The molecule has 1 atom stereocenters. The van der Waals surface area contributed by atoms with Crippen LogP contribution < -0.4 is 4.90 Å². The number of carbonyl (C=O) groups excluding carboxylic acids is 1. The number of benzene rings is 1. The van der Waals surface area contributed by atoms with E-state index in [1.165, 1.54) is 13.0 Å². The maximum absolute atomic E-state index is 13.6. The molecular formula is C13H17FN2O2. The van der Waals surface area contributed by atoms with Gasteiger partial charge >= 0.3 is 0 Å². The number of anilines is 1. The molecule has 1 aromatic rings. The minimum absolute atomic E-state index is 0.243. The molecule has 4 nitrogen and oxygen atoms in total. The molecule has 2 rings (SSSR count). The summed E-state index contributed by atoms with van der Waals surface area (Å²) in [7, 11) is 0. The van der Waals surface area contributed by atoms with Crippen LogP contribution in [-0.4, -0.2) is 48.2 Å². The van der Waals surface area contributed by atoms with Gasteiger partial charge in [-0.25, -0.2) is 4.39 Å². The van der Waals surface area contributed by atoms with E-state index < -0.39 is 6.10 Å². The monoisotopic (exact) mass is 252 g/mol. The Balaban J connectivity index is 1.99. The number of hydrogen-bond acceptors (Lipinski definition) is 3. The van der Waals surface area contributed by atoms with Crippen molar-refractivity contribution >= 4 is 11.6 Å². The molecule has 5 heteroatoms. The first-order chi connectivity index (χ1) is 8.59. The molecular weight excluding hydrogens is 235 g/mol. The van der Waals surface area contributed by atoms with Crippen molar-refractivity contribution in [1.82, 2.24) is 4.90 Å². The normalized spacial score (nSPS) is 17.7. The first-order valence-corrected chi connectivity index (χ1v) is 6.06. The van der Waals surface area contributed by atoms with Gasteiger partial charge in [-0.2, -0.15) is 0 Å². The maximum Gasteiger partial charge on any atom is 0.251 e. The van der Waals surface area contributed by atoms with Gasteiger partial charge in [0.05, 0.1) is 5.69 Å². The van der Waals surface area contributed by atoms with E-state index in [-0.39, 0.29) is 11.7 Å². The lowest BCUT2D eigenvalue weighted by molar-refractivity contribution is -0.139. The van der Waals surface area contributed by atoms with Crippen molar-refractivity contribution in [3.63, 3.8) is 0 Å². The zero-order valence-corrected chi connectivity index (χ0v) is 10.3. The highest BCUT2D eigenvalue weighted by Crippen LogP contribution is 2.20. The van der Waals surface area contributed by atoms with Crippen molar-refractivity contribution in [1.29, 1.82) is 0 Å². The lowest BCUT2D eigenvalue weighted by atomic mass is 10.2. The molecule has 0 radical (unpaired) electrons. The van der Waals surface area contributed by atoms with E-state index in [9.17, 15) is 14.3 Å². The van der Waals surface area contributed by atoms with Crippen LogP contribution in [0.4, 0.5) is 10.1 Å². The number of aliphatic hydroxyl groups excluding tert-OH is 1. The fourth-order valence-electron chi connectivity index (χ4n) is 2.14. The lowest BCUT2D eigenvalue weighted by Crippen LogP contribution is -2.51. The number of carbonyl (C=O) groups is 1. The number of para-hydroxylation sites is 1. The van der Waals surface area contributed by atoms with Gasteiger partial charge in [0.25, 0.3) is 5.91 Å². The average molecular weight is 252 g/mol. The van der Waals surface area contributed by atoms with Crippen molar-refractivity contribution in [2.75, 3.05) is 31.1 Å². The van der Waals surface area contributed by atoms with E-state index in [0.29, 0.717) is 31.9 Å². The van der Waals surface area contributed by atoms with E-state index in [2.05, 4.69) is 0 Å². The molecule has 1 aliphatic heterocycles. The average Bonchev–Trinajstić information content (AvgIpc) is 2.38. The van der Waals surface area contributed by atoms with Crippen molar-refractivity contribution in [3.05, 3.63) is 30.1 Å². The van der Waals surface area contributed by atoms with E-state index in [1.54, 1.807) is 23.1 Å². The molecule has 98 valence electrons. The van der Waals surface area contributed by atoms with Crippen molar-refractivity contribution in [3.8, 4) is 0 Å². The number of nitrogens with zero attached hydrogens (tertiary/aromatic N) is 2. The van der Waals surface area contributed by atoms with Crippen LogP contribution in [0.25, 0.3) is 0 Å². The van der Waals surface area contributed by atoms with Gasteiger partial charge in [0.2, 0.25) is 0 Å². The highest BCUT2D eigenvalue weighted by Gasteiger charge is 2.24. The first-order valence-electron chi connectivity index (χ1n) is 6.06. The summed E-state index contributed by atoms with van der Waals surface area (Å²) in [6, 6.07) is 6.63. The molecule has 0 aromatic heterocycles. The summed E-state index contributed by atoms with van der Waals surface area (Å²) in [5.41, 5.74) is 0.571. The standard InChI is InChI=1S/C13H17FN2O2/c1-10(17)13(18)16-8-6-15(7-9-16)12-5-3-2-4-11(12)14/h2-5,10,17H,6-9H2,1H3. The van der Waals surface area contributed by atoms with Crippen LogP contribution in [0.15, 0.2) is 24.3 Å². The molecule has 0 spiro atoms. The molecule has 0 aliphatic carbocycles. The van der Waals surface area contributed by atoms with Gasteiger partial charge in [0, 0.05) is 26.2 Å². The molecule has 1 aromatic carbocycles. The van der Waals surface area contributed by atoms with Crippen LogP contribution in [-0.2, 0) is 4.79 Å². The minimum atomic E-state index is -0.968. The predicted molar refractivity (Wildman–Crippen MR) is 66.9 cm³/mol. The van der Waals surface area contributed by atoms with E-state index in [1.807, 2.05) is 4.90 Å². The Morgan fingerprint density at radius 3 is 2.44 bits per heavy atom. The summed E-state index contributed by atoms with van der Waals surface area (Å²) in [5.74, 6) is -0.504. The largest absolute Gasteiger partial charge is 0.384 e. The number of piperazine rings is 1. The van der Waals surface area contributed by atoms with Crippen LogP contribution in [0.5, 0.6) is 0 Å². The molecule has 1 N–H and O–H groups in total. The Hall–Kier alpha value is -1.62. The summed E-state index contributed by atoms with van der Waals surface area (Å²) < 4.78 is 13.6. The van der Waals surface area contributed by atoms with Gasteiger partial charge in [-0.3, -0.25) is 4.79 Å². The van der Waals surface area contributed by atoms with Crippen LogP contribution >= 0.6 is 0 Å². The summed E-state index contributed by atoms with van der Waals surface area (Å²) in [4.78, 5) is 15.1. The SMILES string of the molecule is CC(O)C(=O)N1CCN(c2ccccc2F)CC1. The second-order valence-corrected chi connectivity index (χ2v) is 4.44. The topological polar surface area (TPSA) is 43.8 Å². The van der Waals surface area contributed by atoms with Crippen LogP contribution in [0.3, 0.4) is 0 Å². The molecule has 0 bridgehead atoms. The number of halogens is 1. The first kappa shape index (κ1) is 12.8. The van der Waals surface area contributed by atoms with Gasteiger partial charge in [-0.15, -0.1) is 0 Å². The zero-order valence-electron chi connectivity index (χ0n) is 10.3. The number of amides is 1. The van der Waals surface area contributed by atoms with Crippen LogP contribution in [0, 0.1) is 5.82 Å². The molecule has 18 heavy (non-hydrogen) atoms. The fourth-order valence-corrected chi connectivity index (χ4v) is 2.14. The molecule has 1 heterocycles. The second kappa shape index (κ2) is 5.35. The number of aliphatic hydroxyl groups is 1. The van der Waals surface area contributed by atoms with Crippen LogP contribution in [0.1, 0.15) is 6.92 Å². The van der Waals surface area contributed by atoms with Crippen molar-refractivity contribution in [2.45, 2.75) is 13.0 Å². The Labute approximate surface area is 106 Å². The quantitative estimate of drug-likeness (QED) is 0.849. The van der Waals surface area contributed by atoms with Crippen LogP contribution in [0.2, 0.25) is 0 Å². The number of hydrogen-bond donors (Lipinski definition) is 1. The Morgan fingerprint density at radius 1 is 1.28 bits per heavy atom. The second-order valence-electron chi connectivity index (χ2n) is 4.44. The summed E-state index contributed by atoms with van der Waals surface area (Å²) in [6.07, 6.45) is -0.968. The minimum Gasteiger partial charge on any atom is -0.384 e. The Kier molecular flexibility index (Phi) is 3.81. The van der Waals surface area contributed by atoms with Gasteiger partial charge in [0.1, 0.15) is 11.9 Å². The van der Waals surface area contributed by atoms with Gasteiger partial charge in [-0.05, 0) is 19.1 Å².